The zero-order chi connectivity index (χ0) is 44.1. The number of likely N-dealkylation sites (tertiary alicyclic amines) is 1. The summed E-state index contributed by atoms with van der Waals surface area (Å²) in [7, 11) is 3.36. The predicted octanol–water partition coefficient (Wildman–Crippen LogP) is 4.82. The van der Waals surface area contributed by atoms with Crippen LogP contribution in [0.1, 0.15) is 129 Å². The van der Waals surface area contributed by atoms with Crippen LogP contribution in [0, 0.1) is 5.41 Å². The molecule has 4 saturated heterocycles. The molecule has 6 rings (SSSR count). The molecule has 0 aromatic heterocycles. The number of hydrogen-bond donors (Lipinski definition) is 2. The lowest BCUT2D eigenvalue weighted by molar-refractivity contribution is -0.225. The zero-order valence-electron chi connectivity index (χ0n) is 37.2. The van der Waals surface area contributed by atoms with E-state index < -0.39 is 83.8 Å². The highest BCUT2D eigenvalue weighted by Gasteiger charge is 2.77. The zero-order valence-corrected chi connectivity index (χ0v) is 37.2. The largest absolute Gasteiger partial charge is 0.460 e. The summed E-state index contributed by atoms with van der Waals surface area (Å²) in [5, 5.41) is 14.6. The molecule has 0 radical (unpaired) electrons. The molecule has 2 N–H and O–H groups in total. The number of aliphatic hydroxyl groups is 1. The molecule has 15 nitrogen and oxygen atoms in total. The highest BCUT2D eigenvalue weighted by Crippen LogP contribution is 2.59. The van der Waals surface area contributed by atoms with Crippen molar-refractivity contribution in [2.45, 2.75) is 179 Å². The number of carbonyl (C=O) groups is 5. The summed E-state index contributed by atoms with van der Waals surface area (Å²) in [6.45, 7) is 9.61. The number of hydrogen-bond acceptors (Lipinski definition) is 12. The maximum Gasteiger partial charge on any atom is 0.327 e. The minimum Gasteiger partial charge on any atom is -0.460 e. The number of unbranched alkanes of at least 4 members (excludes halogenated alkanes) is 4. The lowest BCUT2D eigenvalue weighted by Crippen LogP contribution is -2.70. The Kier molecular flexibility index (Phi) is 15.0. The summed E-state index contributed by atoms with van der Waals surface area (Å²) < 4.78 is 25.6. The van der Waals surface area contributed by atoms with Gasteiger partial charge in [0, 0.05) is 52.4 Å². The van der Waals surface area contributed by atoms with Gasteiger partial charge in [-0.25, -0.2) is 0 Å². The summed E-state index contributed by atoms with van der Waals surface area (Å²) in [4.78, 5) is 78.8. The number of ether oxygens (including phenoxy) is 4. The summed E-state index contributed by atoms with van der Waals surface area (Å²) in [6, 6.07) is 4.77. The van der Waals surface area contributed by atoms with Crippen LogP contribution in [0.5, 0.6) is 0 Å². The van der Waals surface area contributed by atoms with Crippen molar-refractivity contribution < 1.29 is 52.9 Å². The van der Waals surface area contributed by atoms with Crippen molar-refractivity contribution in [1.29, 1.82) is 0 Å². The fourth-order valence-electron chi connectivity index (χ4n) is 9.71. The third kappa shape index (κ3) is 10.3. The fraction of sp³-hybridized carbons (Fsp3) is 0.717. The number of esters is 2. The second-order valence-corrected chi connectivity index (χ2v) is 18.7. The molecule has 1 aromatic carbocycles. The van der Waals surface area contributed by atoms with Crippen LogP contribution in [0.25, 0.3) is 6.08 Å². The Hall–Kier alpha value is -3.89. The van der Waals surface area contributed by atoms with Crippen LogP contribution in [0.15, 0.2) is 30.3 Å². The average molecular weight is 853 g/mol. The molecular formula is C46H68N4O11. The van der Waals surface area contributed by atoms with Crippen molar-refractivity contribution in [3.05, 3.63) is 41.5 Å². The molecule has 5 aliphatic rings. The third-order valence-corrected chi connectivity index (χ3v) is 12.6. The second kappa shape index (κ2) is 19.7. The summed E-state index contributed by atoms with van der Waals surface area (Å²) in [6.07, 6.45) is 8.47. The van der Waals surface area contributed by atoms with Crippen LogP contribution in [-0.4, -0.2) is 131 Å². The first-order valence-electron chi connectivity index (χ1n) is 22.5. The quantitative estimate of drug-likeness (QED) is 0.111. The first kappa shape index (κ1) is 46.6. The fourth-order valence-corrected chi connectivity index (χ4v) is 9.71. The third-order valence-electron chi connectivity index (χ3n) is 12.6. The van der Waals surface area contributed by atoms with Crippen LogP contribution in [0.2, 0.25) is 0 Å². The van der Waals surface area contributed by atoms with Gasteiger partial charge in [-0.1, -0.05) is 63.8 Å². The van der Waals surface area contributed by atoms with Gasteiger partial charge in [0.1, 0.15) is 41.5 Å². The van der Waals surface area contributed by atoms with Gasteiger partial charge >= 0.3 is 11.9 Å². The van der Waals surface area contributed by atoms with Crippen LogP contribution < -0.4 is 5.32 Å². The predicted molar refractivity (Wildman–Crippen MR) is 225 cm³/mol. The molecule has 338 valence electrons. The van der Waals surface area contributed by atoms with Gasteiger partial charge in [0.25, 0.3) is 0 Å². The summed E-state index contributed by atoms with van der Waals surface area (Å²) >= 11 is 0. The minimum atomic E-state index is -1.47. The van der Waals surface area contributed by atoms with Crippen LogP contribution in [0.3, 0.4) is 0 Å². The van der Waals surface area contributed by atoms with E-state index in [-0.39, 0.29) is 44.2 Å². The van der Waals surface area contributed by atoms with E-state index in [9.17, 15) is 24.3 Å². The summed E-state index contributed by atoms with van der Waals surface area (Å²) in [5.41, 5.74) is -0.586. The monoisotopic (exact) mass is 852 g/mol. The molecule has 4 aliphatic heterocycles. The minimum absolute atomic E-state index is 0.00432. The number of hydroxylamine groups is 2. The van der Waals surface area contributed by atoms with Crippen molar-refractivity contribution >= 4 is 35.7 Å². The molecule has 15 heteroatoms. The molecule has 3 amide bonds. The lowest BCUT2D eigenvalue weighted by atomic mass is 9.62. The molecular weight excluding hydrogens is 785 g/mol. The molecule has 0 spiro atoms. The number of likely N-dealkylation sites (N-methyl/N-ethyl adjacent to an activating group) is 1. The number of carbonyl (C=O) groups excluding carboxylic acids is 5. The molecule has 2 unspecified atom stereocenters. The van der Waals surface area contributed by atoms with E-state index in [0.29, 0.717) is 25.7 Å². The van der Waals surface area contributed by atoms with Crippen LogP contribution in [0.4, 0.5) is 0 Å². The van der Waals surface area contributed by atoms with Gasteiger partial charge < -0.3 is 39.2 Å². The van der Waals surface area contributed by atoms with E-state index >= 15 is 4.79 Å². The Labute approximate surface area is 360 Å². The number of benzene rings is 1. The van der Waals surface area contributed by atoms with Gasteiger partial charge in [-0.15, -0.1) is 0 Å². The highest BCUT2D eigenvalue weighted by molar-refractivity contribution is 5.97. The van der Waals surface area contributed by atoms with Crippen molar-refractivity contribution in [2.75, 3.05) is 27.2 Å². The summed E-state index contributed by atoms with van der Waals surface area (Å²) in [5.74, 6) is -2.95. The molecule has 61 heavy (non-hydrogen) atoms. The van der Waals surface area contributed by atoms with Crippen LogP contribution >= 0.6 is 0 Å². The Bertz CT molecular complexity index is 1770. The van der Waals surface area contributed by atoms with Crippen LogP contribution in [-0.2, 0) is 54.3 Å². The molecule has 1 aliphatic carbocycles. The van der Waals surface area contributed by atoms with E-state index in [1.807, 2.05) is 24.3 Å². The SMILES string of the molecule is CCCCCC1(CCCCC)O[C@@H]2[C@H]3ON(Cc4cccc(C=CC(=O)N(C)C)c4)[C@H]4C(=O)OC(CC34C(=O)N3CCC[C@@H]3C(=O)N[C@H](CO)CCC(=O)OC(C)(C)C)[C@@H]2O1. The van der Waals surface area contributed by atoms with E-state index in [0.717, 1.165) is 49.7 Å². The standard InChI is InChI=1S/C46H68N4O11/c1-8-10-12-23-45(24-13-11-9-2)59-37-34-27-46(43(56)49-25-15-18-33(49)41(54)47-32(29-51)20-22-36(53)58-44(3,4)5)39(42(55)57-34)50(61-40(46)38(37)60-45)28-31-17-14-16-30(26-31)19-21-35(52)48(6)7/h14,16-17,19,21,26,32-34,37-40,51H,8-13,15,18,20,22-25,27-29H2,1-7H3,(H,47,54)/t32-,33+,34?,37-,38-,39-,40+,46?/m0/s1. The molecule has 8 atom stereocenters. The van der Waals surface area contributed by atoms with Gasteiger partial charge in [-0.3, -0.25) is 28.8 Å². The second-order valence-electron chi connectivity index (χ2n) is 18.7. The number of aliphatic hydroxyl groups excluding tert-OH is 1. The molecule has 1 aromatic rings. The Morgan fingerprint density at radius 2 is 1.75 bits per heavy atom. The maximum absolute atomic E-state index is 15.6. The van der Waals surface area contributed by atoms with Crippen molar-refractivity contribution in [3.8, 4) is 0 Å². The molecule has 2 bridgehead atoms. The van der Waals surface area contributed by atoms with Gasteiger partial charge in [0.2, 0.25) is 17.7 Å². The lowest BCUT2D eigenvalue weighted by Gasteiger charge is -2.50. The van der Waals surface area contributed by atoms with E-state index in [4.69, 9.17) is 23.8 Å². The normalized spacial score (nSPS) is 28.4. The van der Waals surface area contributed by atoms with E-state index in [1.54, 1.807) is 50.9 Å². The first-order valence-corrected chi connectivity index (χ1v) is 22.5. The number of fused-ring (bicyclic) bond motifs is 4. The van der Waals surface area contributed by atoms with Crippen molar-refractivity contribution in [3.63, 3.8) is 0 Å². The molecule has 4 heterocycles. The maximum atomic E-state index is 15.6. The molecule has 1 saturated carbocycles. The molecule has 5 fully saturated rings. The Morgan fingerprint density at radius 1 is 1.05 bits per heavy atom. The number of amides is 3. The van der Waals surface area contributed by atoms with Gasteiger partial charge in [0.15, 0.2) is 11.8 Å². The Morgan fingerprint density at radius 3 is 2.41 bits per heavy atom. The van der Waals surface area contributed by atoms with Gasteiger partial charge in [-0.2, -0.15) is 5.06 Å². The first-order chi connectivity index (χ1) is 29.0. The number of nitrogens with zero attached hydrogens (tertiary/aromatic N) is 3. The van der Waals surface area contributed by atoms with E-state index in [1.165, 1.54) is 11.0 Å². The Balaban J connectivity index is 1.31. The highest BCUT2D eigenvalue weighted by atomic mass is 16.8. The van der Waals surface area contributed by atoms with Crippen molar-refractivity contribution in [1.82, 2.24) is 20.2 Å². The smallest absolute Gasteiger partial charge is 0.327 e. The number of nitrogens with one attached hydrogen (secondary N) is 1. The van der Waals surface area contributed by atoms with E-state index in [2.05, 4.69) is 19.2 Å². The number of rotatable bonds is 19. The topological polar surface area (TPSA) is 173 Å². The van der Waals surface area contributed by atoms with Crippen molar-refractivity contribution in [2.24, 2.45) is 5.41 Å². The van der Waals surface area contributed by atoms with Gasteiger partial charge in [-0.05, 0) is 70.1 Å². The average Bonchev–Trinajstić information content (AvgIpc) is 3.94. The van der Waals surface area contributed by atoms with Gasteiger partial charge in [0.05, 0.1) is 19.2 Å².